The van der Waals surface area contributed by atoms with Crippen LogP contribution in [0.3, 0.4) is 0 Å². The molecular formula is C18H18N4O2S. The van der Waals surface area contributed by atoms with Crippen LogP contribution in [0.4, 0.5) is 0 Å². The molecule has 128 valence electrons. The van der Waals surface area contributed by atoms with Crippen molar-refractivity contribution in [2.24, 2.45) is 0 Å². The van der Waals surface area contributed by atoms with Crippen LogP contribution in [-0.2, 0) is 0 Å². The van der Waals surface area contributed by atoms with Crippen LogP contribution < -0.4 is 0 Å². The SMILES string of the molecule is O=C(c1ccc2nc[nH]c2c1)N1CCCN(C(=O)c2cccs2)CC1. The standard InChI is InChI=1S/C18H18N4O2S/c23-17(13-4-5-14-15(11-13)20-12-19-14)21-6-2-7-22(9-8-21)18(24)16-3-1-10-25-16/h1,3-5,10-12H,2,6-9H2,(H,19,20). The van der Waals surface area contributed by atoms with Gasteiger partial charge >= 0.3 is 0 Å². The molecule has 1 aliphatic rings. The van der Waals surface area contributed by atoms with Crippen LogP contribution in [-0.4, -0.2) is 57.8 Å². The molecule has 25 heavy (non-hydrogen) atoms. The van der Waals surface area contributed by atoms with Gasteiger partial charge in [-0.25, -0.2) is 4.98 Å². The number of imidazole rings is 1. The Kier molecular flexibility index (Phi) is 4.23. The molecular weight excluding hydrogens is 336 g/mol. The van der Waals surface area contributed by atoms with E-state index in [0.29, 0.717) is 31.7 Å². The predicted octanol–water partition coefficient (Wildman–Crippen LogP) is 2.61. The van der Waals surface area contributed by atoms with Crippen molar-refractivity contribution in [2.45, 2.75) is 6.42 Å². The average Bonchev–Trinajstić information content (AvgIpc) is 3.27. The van der Waals surface area contributed by atoms with Crippen molar-refractivity contribution >= 4 is 34.2 Å². The van der Waals surface area contributed by atoms with Crippen molar-refractivity contribution in [3.8, 4) is 0 Å². The van der Waals surface area contributed by atoms with Gasteiger partial charge in [-0.1, -0.05) is 6.07 Å². The summed E-state index contributed by atoms with van der Waals surface area (Å²) in [6.45, 7) is 2.46. The number of nitrogens with zero attached hydrogens (tertiary/aromatic N) is 3. The van der Waals surface area contributed by atoms with E-state index in [4.69, 9.17) is 0 Å². The number of hydrogen-bond acceptors (Lipinski definition) is 4. The van der Waals surface area contributed by atoms with E-state index in [0.717, 1.165) is 22.3 Å². The van der Waals surface area contributed by atoms with Gasteiger partial charge in [0.05, 0.1) is 22.2 Å². The van der Waals surface area contributed by atoms with Gasteiger partial charge in [-0.05, 0) is 36.1 Å². The molecule has 1 saturated heterocycles. The minimum atomic E-state index is 0.00178. The van der Waals surface area contributed by atoms with Gasteiger partial charge < -0.3 is 14.8 Å². The fourth-order valence-electron chi connectivity index (χ4n) is 3.13. The summed E-state index contributed by atoms with van der Waals surface area (Å²) in [7, 11) is 0. The molecule has 0 bridgehead atoms. The number of rotatable bonds is 2. The zero-order valence-corrected chi connectivity index (χ0v) is 14.5. The maximum Gasteiger partial charge on any atom is 0.263 e. The van der Waals surface area contributed by atoms with Gasteiger partial charge in [-0.15, -0.1) is 11.3 Å². The minimum absolute atomic E-state index is 0.00178. The summed E-state index contributed by atoms with van der Waals surface area (Å²) in [5.74, 6) is 0.0603. The van der Waals surface area contributed by atoms with Gasteiger partial charge in [-0.3, -0.25) is 9.59 Å². The fourth-order valence-corrected chi connectivity index (χ4v) is 3.82. The molecule has 4 rings (SSSR count). The third-order valence-corrected chi connectivity index (χ3v) is 5.33. The summed E-state index contributed by atoms with van der Waals surface area (Å²) < 4.78 is 0. The molecule has 3 aromatic rings. The number of H-pyrrole nitrogens is 1. The van der Waals surface area contributed by atoms with Gasteiger partial charge in [-0.2, -0.15) is 0 Å². The average molecular weight is 354 g/mol. The fraction of sp³-hybridized carbons (Fsp3) is 0.278. The van der Waals surface area contributed by atoms with Crippen molar-refractivity contribution in [1.82, 2.24) is 19.8 Å². The molecule has 2 aromatic heterocycles. The van der Waals surface area contributed by atoms with Crippen molar-refractivity contribution in [3.63, 3.8) is 0 Å². The van der Waals surface area contributed by atoms with E-state index in [-0.39, 0.29) is 11.8 Å². The molecule has 7 heteroatoms. The van der Waals surface area contributed by atoms with Crippen LogP contribution in [0, 0.1) is 0 Å². The number of fused-ring (bicyclic) bond motifs is 1. The number of carbonyl (C=O) groups excluding carboxylic acids is 2. The topological polar surface area (TPSA) is 69.3 Å². The van der Waals surface area contributed by atoms with E-state index in [9.17, 15) is 9.59 Å². The summed E-state index contributed by atoms with van der Waals surface area (Å²) in [5, 5.41) is 1.91. The first-order valence-electron chi connectivity index (χ1n) is 8.27. The van der Waals surface area contributed by atoms with Crippen LogP contribution in [0.25, 0.3) is 11.0 Å². The molecule has 0 atom stereocenters. The Morgan fingerprint density at radius 2 is 1.84 bits per heavy atom. The van der Waals surface area contributed by atoms with Crippen LogP contribution in [0.5, 0.6) is 0 Å². The van der Waals surface area contributed by atoms with E-state index in [1.807, 2.05) is 45.5 Å². The van der Waals surface area contributed by atoms with Gasteiger partial charge in [0.2, 0.25) is 0 Å². The lowest BCUT2D eigenvalue weighted by molar-refractivity contribution is 0.0721. The Hall–Kier alpha value is -2.67. The summed E-state index contributed by atoms with van der Waals surface area (Å²) >= 11 is 1.46. The second-order valence-corrected chi connectivity index (χ2v) is 7.00. The lowest BCUT2D eigenvalue weighted by atomic mass is 10.1. The first-order valence-corrected chi connectivity index (χ1v) is 9.15. The zero-order valence-electron chi connectivity index (χ0n) is 13.6. The number of hydrogen-bond donors (Lipinski definition) is 1. The van der Waals surface area contributed by atoms with Crippen LogP contribution in [0.15, 0.2) is 42.0 Å². The molecule has 1 fully saturated rings. The van der Waals surface area contributed by atoms with Crippen molar-refractivity contribution in [3.05, 3.63) is 52.5 Å². The van der Waals surface area contributed by atoms with E-state index < -0.39 is 0 Å². The number of carbonyl (C=O) groups is 2. The second kappa shape index (κ2) is 6.68. The van der Waals surface area contributed by atoms with Gasteiger partial charge in [0.15, 0.2) is 0 Å². The highest BCUT2D eigenvalue weighted by Gasteiger charge is 2.24. The van der Waals surface area contributed by atoms with E-state index in [1.165, 1.54) is 11.3 Å². The first-order chi connectivity index (χ1) is 12.2. The Morgan fingerprint density at radius 1 is 1.04 bits per heavy atom. The highest BCUT2D eigenvalue weighted by atomic mass is 32.1. The Bertz CT molecular complexity index is 903. The molecule has 0 radical (unpaired) electrons. The molecule has 3 heterocycles. The number of benzene rings is 1. The largest absolute Gasteiger partial charge is 0.345 e. The maximum absolute atomic E-state index is 12.8. The maximum atomic E-state index is 12.8. The predicted molar refractivity (Wildman–Crippen MR) is 96.8 cm³/mol. The van der Waals surface area contributed by atoms with Crippen molar-refractivity contribution < 1.29 is 9.59 Å². The molecule has 1 aromatic carbocycles. The molecule has 0 unspecified atom stereocenters. The highest BCUT2D eigenvalue weighted by Crippen LogP contribution is 2.17. The zero-order chi connectivity index (χ0) is 17.2. The van der Waals surface area contributed by atoms with Gasteiger partial charge in [0.25, 0.3) is 11.8 Å². The third kappa shape index (κ3) is 3.15. The smallest absolute Gasteiger partial charge is 0.263 e. The van der Waals surface area contributed by atoms with E-state index >= 15 is 0 Å². The molecule has 2 amide bonds. The van der Waals surface area contributed by atoms with Crippen LogP contribution >= 0.6 is 11.3 Å². The quantitative estimate of drug-likeness (QED) is 0.769. The van der Waals surface area contributed by atoms with Gasteiger partial charge in [0, 0.05) is 31.7 Å². The number of nitrogens with one attached hydrogen (secondary N) is 1. The summed E-state index contributed by atoms with van der Waals surface area (Å²) in [6, 6.07) is 9.23. The highest BCUT2D eigenvalue weighted by molar-refractivity contribution is 7.12. The lowest BCUT2D eigenvalue weighted by Gasteiger charge is -2.22. The third-order valence-electron chi connectivity index (χ3n) is 4.47. The first kappa shape index (κ1) is 15.8. The van der Waals surface area contributed by atoms with Gasteiger partial charge in [0.1, 0.15) is 0 Å². The Morgan fingerprint density at radius 3 is 2.60 bits per heavy atom. The molecule has 1 N–H and O–H groups in total. The summed E-state index contributed by atoms with van der Waals surface area (Å²) in [4.78, 5) is 37.0. The number of aromatic amines is 1. The Labute approximate surface area is 149 Å². The second-order valence-electron chi connectivity index (χ2n) is 6.05. The summed E-state index contributed by atoms with van der Waals surface area (Å²) in [6.07, 6.45) is 2.41. The Balaban J connectivity index is 1.46. The number of amides is 2. The van der Waals surface area contributed by atoms with Crippen molar-refractivity contribution in [1.29, 1.82) is 0 Å². The number of thiophene rings is 1. The molecule has 1 aliphatic heterocycles. The normalized spacial score (nSPS) is 15.4. The van der Waals surface area contributed by atoms with E-state index in [1.54, 1.807) is 6.33 Å². The summed E-state index contributed by atoms with van der Waals surface area (Å²) in [5.41, 5.74) is 2.35. The van der Waals surface area contributed by atoms with Crippen LogP contribution in [0.1, 0.15) is 26.5 Å². The minimum Gasteiger partial charge on any atom is -0.345 e. The van der Waals surface area contributed by atoms with Crippen molar-refractivity contribution in [2.75, 3.05) is 26.2 Å². The monoisotopic (exact) mass is 354 g/mol. The lowest BCUT2D eigenvalue weighted by Crippen LogP contribution is -2.37. The molecule has 6 nitrogen and oxygen atoms in total. The molecule has 0 spiro atoms. The molecule has 0 aliphatic carbocycles. The number of aromatic nitrogens is 2. The van der Waals surface area contributed by atoms with E-state index in [2.05, 4.69) is 9.97 Å². The van der Waals surface area contributed by atoms with Crippen LogP contribution in [0.2, 0.25) is 0 Å². The molecule has 0 saturated carbocycles.